The third-order valence-corrected chi connectivity index (χ3v) is 7.67. The van der Waals surface area contributed by atoms with Crippen molar-refractivity contribution in [3.63, 3.8) is 0 Å². The summed E-state index contributed by atoms with van der Waals surface area (Å²) in [6, 6.07) is 20.4. The Bertz CT molecular complexity index is 1150. The van der Waals surface area contributed by atoms with Crippen LogP contribution in [0.5, 0.6) is 0 Å². The van der Waals surface area contributed by atoms with Crippen LogP contribution < -0.4 is 0 Å². The largest absolute Gasteiger partial charge is 0.340 e. The van der Waals surface area contributed by atoms with Gasteiger partial charge in [-0.1, -0.05) is 66.2 Å². The second kappa shape index (κ2) is 8.14. The molecule has 0 aromatic heterocycles. The normalized spacial score (nSPS) is 15.6. The van der Waals surface area contributed by atoms with Gasteiger partial charge in [0.25, 0.3) is 0 Å². The van der Waals surface area contributed by atoms with Crippen molar-refractivity contribution in [3.8, 4) is 0 Å². The lowest BCUT2D eigenvalue weighted by atomic mass is 10.0. The number of carbonyl (C=O) groups excluding carboxylic acids is 1. The average molecular weight is 429 g/mol. The molecule has 0 unspecified atom stereocenters. The summed E-state index contributed by atoms with van der Waals surface area (Å²) < 4.78 is 27.1. The van der Waals surface area contributed by atoms with E-state index in [-0.39, 0.29) is 28.9 Å². The van der Waals surface area contributed by atoms with E-state index in [2.05, 4.69) is 0 Å². The molecule has 3 aromatic carbocycles. The fourth-order valence-corrected chi connectivity index (χ4v) is 5.61. The van der Waals surface area contributed by atoms with Crippen LogP contribution in [0.25, 0.3) is 10.8 Å². The Labute approximate surface area is 175 Å². The maximum atomic E-state index is 12.9. The van der Waals surface area contributed by atoms with Crippen molar-refractivity contribution in [2.75, 3.05) is 26.2 Å². The first-order valence-corrected chi connectivity index (χ1v) is 11.3. The van der Waals surface area contributed by atoms with Gasteiger partial charge in [0.1, 0.15) is 4.90 Å². The minimum absolute atomic E-state index is 0.0103. The Kier molecular flexibility index (Phi) is 5.58. The zero-order valence-corrected chi connectivity index (χ0v) is 17.4. The van der Waals surface area contributed by atoms with Crippen LogP contribution in [-0.4, -0.2) is 49.7 Å². The second-order valence-electron chi connectivity index (χ2n) is 7.03. The molecule has 7 heteroatoms. The standard InChI is InChI=1S/C22H21ClN2O3S/c23-20-10-3-4-11-21(20)29(27,28)25-14-12-24(13-15-25)22(26)16-18-8-5-7-17-6-1-2-9-19(17)18/h1-11H,12-16H2. The van der Waals surface area contributed by atoms with E-state index in [1.807, 2.05) is 42.5 Å². The number of benzene rings is 3. The Morgan fingerprint density at radius 1 is 0.862 bits per heavy atom. The molecule has 4 rings (SSSR count). The third kappa shape index (κ3) is 4.01. The predicted molar refractivity (Wildman–Crippen MR) is 114 cm³/mol. The van der Waals surface area contributed by atoms with Crippen LogP contribution in [0.2, 0.25) is 5.02 Å². The Morgan fingerprint density at radius 2 is 1.52 bits per heavy atom. The van der Waals surface area contributed by atoms with E-state index in [1.54, 1.807) is 23.1 Å². The van der Waals surface area contributed by atoms with E-state index in [9.17, 15) is 13.2 Å². The van der Waals surface area contributed by atoms with Gasteiger partial charge in [0.05, 0.1) is 11.4 Å². The number of nitrogens with zero attached hydrogens (tertiary/aromatic N) is 2. The van der Waals surface area contributed by atoms with E-state index in [0.29, 0.717) is 19.5 Å². The highest BCUT2D eigenvalue weighted by atomic mass is 35.5. The fourth-order valence-electron chi connectivity index (χ4n) is 3.69. The molecule has 3 aromatic rings. The first-order valence-electron chi connectivity index (χ1n) is 9.46. The van der Waals surface area contributed by atoms with Gasteiger partial charge in [-0.3, -0.25) is 4.79 Å². The third-order valence-electron chi connectivity index (χ3n) is 5.27. The van der Waals surface area contributed by atoms with Gasteiger partial charge in [0.15, 0.2) is 0 Å². The minimum Gasteiger partial charge on any atom is -0.340 e. The first kappa shape index (κ1) is 19.9. The van der Waals surface area contributed by atoms with Crippen LogP contribution >= 0.6 is 11.6 Å². The highest BCUT2D eigenvalue weighted by Gasteiger charge is 2.31. The van der Waals surface area contributed by atoms with Crippen LogP contribution in [0.3, 0.4) is 0 Å². The maximum Gasteiger partial charge on any atom is 0.244 e. The van der Waals surface area contributed by atoms with E-state index in [0.717, 1.165) is 16.3 Å². The molecule has 1 heterocycles. The van der Waals surface area contributed by atoms with E-state index in [4.69, 9.17) is 11.6 Å². The quantitative estimate of drug-likeness (QED) is 0.638. The number of fused-ring (bicyclic) bond motifs is 1. The molecule has 1 fully saturated rings. The molecule has 0 aliphatic carbocycles. The number of piperazine rings is 1. The zero-order valence-electron chi connectivity index (χ0n) is 15.8. The van der Waals surface area contributed by atoms with Gasteiger partial charge in [-0.15, -0.1) is 0 Å². The van der Waals surface area contributed by atoms with Crippen LogP contribution in [0, 0.1) is 0 Å². The lowest BCUT2D eigenvalue weighted by Gasteiger charge is -2.34. The maximum absolute atomic E-state index is 12.9. The van der Waals surface area contributed by atoms with Gasteiger partial charge in [-0.2, -0.15) is 4.31 Å². The lowest BCUT2D eigenvalue weighted by molar-refractivity contribution is -0.131. The fraction of sp³-hybridized carbons (Fsp3) is 0.227. The highest BCUT2D eigenvalue weighted by Crippen LogP contribution is 2.25. The molecule has 0 bridgehead atoms. The molecule has 1 amide bonds. The Morgan fingerprint density at radius 3 is 2.28 bits per heavy atom. The number of amides is 1. The van der Waals surface area contributed by atoms with Crippen LogP contribution in [0.1, 0.15) is 5.56 Å². The van der Waals surface area contributed by atoms with Crippen molar-refractivity contribution in [3.05, 3.63) is 77.3 Å². The zero-order chi connectivity index (χ0) is 20.4. The summed E-state index contributed by atoms with van der Waals surface area (Å²) in [5.74, 6) is 0.0103. The molecule has 0 radical (unpaired) electrons. The first-order chi connectivity index (χ1) is 14.0. The number of hydrogen-bond acceptors (Lipinski definition) is 3. The summed E-state index contributed by atoms with van der Waals surface area (Å²) in [5.41, 5.74) is 0.985. The SMILES string of the molecule is O=C(Cc1cccc2ccccc12)N1CCN(S(=O)(=O)c2ccccc2Cl)CC1. The van der Waals surface area contributed by atoms with E-state index in [1.165, 1.54) is 10.4 Å². The second-order valence-corrected chi connectivity index (χ2v) is 9.34. The van der Waals surface area contributed by atoms with Crippen LogP contribution in [-0.2, 0) is 21.2 Å². The summed E-state index contributed by atoms with van der Waals surface area (Å²) in [5, 5.41) is 2.39. The lowest BCUT2D eigenvalue weighted by Crippen LogP contribution is -2.50. The molecule has 0 N–H and O–H groups in total. The van der Waals surface area contributed by atoms with Gasteiger partial charge in [0.2, 0.25) is 15.9 Å². The van der Waals surface area contributed by atoms with Gasteiger partial charge in [-0.05, 0) is 28.5 Å². The summed E-state index contributed by atoms with van der Waals surface area (Å²) >= 11 is 6.07. The van der Waals surface area contributed by atoms with Crippen molar-refractivity contribution in [1.29, 1.82) is 0 Å². The summed E-state index contributed by atoms with van der Waals surface area (Å²) in [4.78, 5) is 14.7. The Hall–Kier alpha value is -2.41. The molecule has 1 aliphatic rings. The number of sulfonamides is 1. The number of hydrogen-bond donors (Lipinski definition) is 0. The van der Waals surface area contributed by atoms with Crippen molar-refractivity contribution in [1.82, 2.24) is 9.21 Å². The molecular formula is C22H21ClN2O3S. The number of rotatable bonds is 4. The molecule has 1 aliphatic heterocycles. The van der Waals surface area contributed by atoms with Gasteiger partial charge in [0, 0.05) is 26.2 Å². The molecule has 29 heavy (non-hydrogen) atoms. The Balaban J connectivity index is 1.44. The molecule has 5 nitrogen and oxygen atoms in total. The molecule has 0 saturated carbocycles. The number of carbonyl (C=O) groups is 1. The van der Waals surface area contributed by atoms with Crippen molar-refractivity contribution in [2.45, 2.75) is 11.3 Å². The molecule has 0 atom stereocenters. The van der Waals surface area contributed by atoms with Crippen molar-refractivity contribution in [2.24, 2.45) is 0 Å². The summed E-state index contributed by atoms with van der Waals surface area (Å²) in [7, 11) is -3.67. The molecule has 1 saturated heterocycles. The smallest absolute Gasteiger partial charge is 0.244 e. The molecule has 0 spiro atoms. The summed E-state index contributed by atoms with van der Waals surface area (Å²) in [6.07, 6.45) is 0.304. The van der Waals surface area contributed by atoms with E-state index < -0.39 is 10.0 Å². The highest BCUT2D eigenvalue weighted by molar-refractivity contribution is 7.89. The van der Waals surface area contributed by atoms with E-state index >= 15 is 0 Å². The van der Waals surface area contributed by atoms with Gasteiger partial charge < -0.3 is 4.90 Å². The van der Waals surface area contributed by atoms with Crippen LogP contribution in [0.15, 0.2) is 71.6 Å². The van der Waals surface area contributed by atoms with Crippen molar-refractivity contribution >= 4 is 38.3 Å². The average Bonchev–Trinajstić information content (AvgIpc) is 2.74. The van der Waals surface area contributed by atoms with Gasteiger partial charge >= 0.3 is 0 Å². The molecular weight excluding hydrogens is 408 g/mol. The monoisotopic (exact) mass is 428 g/mol. The van der Waals surface area contributed by atoms with Crippen molar-refractivity contribution < 1.29 is 13.2 Å². The number of halogens is 1. The topological polar surface area (TPSA) is 57.7 Å². The predicted octanol–water partition coefficient (Wildman–Crippen LogP) is 3.57. The van der Waals surface area contributed by atoms with Gasteiger partial charge in [-0.25, -0.2) is 8.42 Å². The minimum atomic E-state index is -3.67. The molecule has 150 valence electrons. The van der Waals surface area contributed by atoms with Crippen LogP contribution in [0.4, 0.5) is 0 Å². The summed E-state index contributed by atoms with van der Waals surface area (Å²) in [6.45, 7) is 1.25.